The molecule has 1 saturated heterocycles. The Morgan fingerprint density at radius 1 is 0.898 bits per heavy atom. The normalized spacial score (nSPS) is 18.7. The molecule has 4 N–H and O–H groups in total. The lowest BCUT2D eigenvalue weighted by atomic mass is 9.89. The van der Waals surface area contributed by atoms with Gasteiger partial charge in [-0.1, -0.05) is 85.2 Å². The number of hydrogen-bond acceptors (Lipinski definition) is 10. The van der Waals surface area contributed by atoms with Gasteiger partial charge in [-0.25, -0.2) is 0 Å². The van der Waals surface area contributed by atoms with E-state index in [1.54, 1.807) is 48.0 Å². The summed E-state index contributed by atoms with van der Waals surface area (Å²) in [5, 5.41) is 8.30. The summed E-state index contributed by atoms with van der Waals surface area (Å²) in [5.74, 6) is -3.61. The maximum Gasteiger partial charge on any atom is 0.266 e. The van der Waals surface area contributed by atoms with Gasteiger partial charge >= 0.3 is 0 Å². The summed E-state index contributed by atoms with van der Waals surface area (Å²) in [6.07, 6.45) is 0.561. The van der Waals surface area contributed by atoms with Crippen LogP contribution in [-0.2, 0) is 50.0 Å². The Morgan fingerprint density at radius 3 is 2.03 bits per heavy atom. The van der Waals surface area contributed by atoms with Gasteiger partial charge in [0.05, 0.1) is 48.4 Å². The zero-order valence-electron chi connectivity index (χ0n) is 37.3. The quantitative estimate of drug-likeness (QED) is 0.111. The van der Waals surface area contributed by atoms with Crippen molar-refractivity contribution in [1.82, 2.24) is 30.7 Å². The van der Waals surface area contributed by atoms with Gasteiger partial charge in [-0.05, 0) is 50.3 Å². The van der Waals surface area contributed by atoms with Crippen LogP contribution in [0.1, 0.15) is 79.7 Å². The van der Waals surface area contributed by atoms with Gasteiger partial charge in [0.1, 0.15) is 12.1 Å². The Hall–Kier alpha value is -3.64. The van der Waals surface area contributed by atoms with Crippen LogP contribution in [0.5, 0.6) is 0 Å². The third-order valence-corrected chi connectivity index (χ3v) is 12.2. The fourth-order valence-electron chi connectivity index (χ4n) is 8.20. The molecule has 17 heteroatoms. The number of methoxy groups -OCH3 is 2. The van der Waals surface area contributed by atoms with E-state index in [-0.39, 0.29) is 54.9 Å². The lowest BCUT2D eigenvalue weighted by Gasteiger charge is -2.41. The van der Waals surface area contributed by atoms with Gasteiger partial charge in [0.25, 0.3) is 10.1 Å². The van der Waals surface area contributed by atoms with Crippen molar-refractivity contribution < 1.29 is 46.4 Å². The lowest BCUT2D eigenvalue weighted by molar-refractivity contribution is -0.148. The first kappa shape index (κ1) is 51.5. The van der Waals surface area contributed by atoms with Gasteiger partial charge in [-0.3, -0.25) is 33.4 Å². The van der Waals surface area contributed by atoms with Crippen LogP contribution in [0.15, 0.2) is 30.3 Å². The smallest absolute Gasteiger partial charge is 0.266 e. The maximum absolute atomic E-state index is 14.3. The van der Waals surface area contributed by atoms with Gasteiger partial charge in [0, 0.05) is 40.8 Å². The van der Waals surface area contributed by atoms with E-state index in [2.05, 4.69) is 16.0 Å². The summed E-state index contributed by atoms with van der Waals surface area (Å²) in [6.45, 7) is 13.5. The third kappa shape index (κ3) is 15.1. The molecule has 1 aromatic rings. The molecule has 0 saturated carbocycles. The first-order valence-electron chi connectivity index (χ1n) is 20.8. The number of carbonyl (C=O) groups excluding carboxylic acids is 5. The SMILES string of the molecule is CC[C@H](C)[C@@H]([C@@H](CC(=O)N1CCC[C@H]1[C@H](OC)[C@@H](C)C(=O)N[C@@H](Cc1ccccc1)C(=O)NCCS(=O)(=O)O)OC)N(C)C(=O)[C@@H](NC(=O)[C@H](C(C)C)N(C)C)C(C)C. The molecule has 0 aromatic heterocycles. The molecule has 0 unspecified atom stereocenters. The number of likely N-dealkylation sites (tertiary alicyclic amines) is 1. The Labute approximate surface area is 352 Å². The van der Waals surface area contributed by atoms with Crippen LogP contribution in [0, 0.1) is 23.7 Å². The van der Waals surface area contributed by atoms with E-state index in [0.29, 0.717) is 25.8 Å². The van der Waals surface area contributed by atoms with Crippen molar-refractivity contribution in [3.63, 3.8) is 0 Å². The number of ether oxygens (including phenoxy) is 2. The second kappa shape index (κ2) is 24.0. The summed E-state index contributed by atoms with van der Waals surface area (Å²) in [6, 6.07) is 5.73. The first-order valence-corrected chi connectivity index (χ1v) is 22.4. The van der Waals surface area contributed by atoms with Crippen LogP contribution in [0.4, 0.5) is 0 Å². The molecule has 1 aromatic carbocycles. The minimum absolute atomic E-state index is 0.0164. The average Bonchev–Trinajstić information content (AvgIpc) is 3.65. The molecule has 0 bridgehead atoms. The second-order valence-corrected chi connectivity index (χ2v) is 18.4. The molecule has 336 valence electrons. The van der Waals surface area contributed by atoms with Crippen molar-refractivity contribution in [2.75, 3.05) is 54.2 Å². The highest BCUT2D eigenvalue weighted by Gasteiger charge is 2.43. The number of carbonyl (C=O) groups is 5. The molecule has 1 fully saturated rings. The number of hydrogen-bond donors (Lipinski definition) is 4. The molecule has 1 heterocycles. The van der Waals surface area contributed by atoms with E-state index in [9.17, 15) is 32.4 Å². The highest BCUT2D eigenvalue weighted by molar-refractivity contribution is 7.85. The minimum atomic E-state index is -4.32. The molecule has 0 aliphatic carbocycles. The van der Waals surface area contributed by atoms with Gasteiger partial charge in [0.2, 0.25) is 29.5 Å². The third-order valence-electron chi connectivity index (χ3n) is 11.5. The van der Waals surface area contributed by atoms with Gasteiger partial charge < -0.3 is 35.2 Å². The predicted octanol–water partition coefficient (Wildman–Crippen LogP) is 2.37. The molecule has 1 aliphatic heterocycles. The fourth-order valence-corrected chi connectivity index (χ4v) is 8.56. The molecule has 0 radical (unpaired) electrons. The van der Waals surface area contributed by atoms with Crippen LogP contribution in [0.25, 0.3) is 0 Å². The van der Waals surface area contributed by atoms with Crippen molar-refractivity contribution in [2.45, 2.75) is 123 Å². The van der Waals surface area contributed by atoms with E-state index in [4.69, 9.17) is 14.0 Å². The first-order chi connectivity index (χ1) is 27.6. The summed E-state index contributed by atoms with van der Waals surface area (Å²) < 4.78 is 43.6. The number of benzene rings is 1. The highest BCUT2D eigenvalue weighted by atomic mass is 32.2. The van der Waals surface area contributed by atoms with Crippen molar-refractivity contribution in [3.05, 3.63) is 35.9 Å². The molecule has 1 aliphatic rings. The topological polar surface area (TPSA) is 204 Å². The highest BCUT2D eigenvalue weighted by Crippen LogP contribution is 2.30. The number of likely N-dealkylation sites (N-methyl/N-ethyl adjacent to an activating group) is 2. The van der Waals surface area contributed by atoms with E-state index >= 15 is 0 Å². The number of nitrogens with one attached hydrogen (secondary N) is 3. The largest absolute Gasteiger partial charge is 0.379 e. The Bertz CT molecular complexity index is 1620. The fraction of sp³-hybridized carbons (Fsp3) is 0.738. The lowest BCUT2D eigenvalue weighted by Crippen LogP contribution is -2.59. The number of nitrogens with zero attached hydrogens (tertiary/aromatic N) is 3. The Kier molecular flexibility index (Phi) is 20.9. The standard InChI is InChI=1S/C42H72N6O10S/c1-13-28(6)37(47(10)42(53)35(26(2)3)45-41(52)36(27(4)5)46(8)9)33(57-11)25-34(49)48-22-17-20-32(48)38(58-12)29(7)39(50)44-31(24-30-18-15-14-16-19-30)40(51)43-21-23-59(54,55)56/h14-16,18-19,26-29,31-33,35-38H,13,17,20-25H2,1-12H3,(H,43,51)(H,44,50)(H,45,52)(H,54,55,56)/t28-,29+,31-,32-,33+,35-,36-,37-,38+/m0/s1. The summed E-state index contributed by atoms with van der Waals surface area (Å²) in [7, 11) is 4.05. The van der Waals surface area contributed by atoms with Crippen molar-refractivity contribution in [3.8, 4) is 0 Å². The van der Waals surface area contributed by atoms with Gasteiger partial charge in [0.15, 0.2) is 0 Å². The van der Waals surface area contributed by atoms with E-state index in [1.165, 1.54) is 14.2 Å². The molecular weight excluding hydrogens is 781 g/mol. The molecule has 59 heavy (non-hydrogen) atoms. The zero-order chi connectivity index (χ0) is 44.8. The monoisotopic (exact) mass is 853 g/mol. The van der Waals surface area contributed by atoms with E-state index in [1.807, 2.05) is 66.6 Å². The Balaban J connectivity index is 2.31. The predicted molar refractivity (Wildman–Crippen MR) is 227 cm³/mol. The number of amides is 5. The van der Waals surface area contributed by atoms with Crippen LogP contribution < -0.4 is 16.0 Å². The number of rotatable bonds is 24. The molecule has 2 rings (SSSR count). The van der Waals surface area contributed by atoms with Crippen LogP contribution in [-0.4, -0.2) is 154 Å². The van der Waals surface area contributed by atoms with Crippen LogP contribution >= 0.6 is 0 Å². The summed E-state index contributed by atoms with van der Waals surface area (Å²) in [5.41, 5.74) is 0.760. The van der Waals surface area contributed by atoms with Crippen molar-refractivity contribution in [1.29, 1.82) is 0 Å². The van der Waals surface area contributed by atoms with Crippen LogP contribution in [0.3, 0.4) is 0 Å². The van der Waals surface area contributed by atoms with Crippen LogP contribution in [0.2, 0.25) is 0 Å². The zero-order valence-corrected chi connectivity index (χ0v) is 38.1. The molecule has 5 amide bonds. The van der Waals surface area contributed by atoms with E-state index < -0.39 is 76.0 Å². The summed E-state index contributed by atoms with van der Waals surface area (Å²) >= 11 is 0. The molecule has 16 nitrogen and oxygen atoms in total. The summed E-state index contributed by atoms with van der Waals surface area (Å²) in [4.78, 5) is 74.3. The van der Waals surface area contributed by atoms with E-state index in [0.717, 1.165) is 5.56 Å². The molecular formula is C42H72N6O10S. The average molecular weight is 853 g/mol. The van der Waals surface area contributed by atoms with Gasteiger partial charge in [-0.15, -0.1) is 0 Å². The van der Waals surface area contributed by atoms with Crippen molar-refractivity contribution >= 4 is 39.7 Å². The molecule has 0 spiro atoms. The molecule has 9 atom stereocenters. The maximum atomic E-state index is 14.3. The second-order valence-electron chi connectivity index (χ2n) is 16.8. The Morgan fingerprint density at radius 2 is 1.53 bits per heavy atom. The minimum Gasteiger partial charge on any atom is -0.379 e. The van der Waals surface area contributed by atoms with Crippen molar-refractivity contribution in [2.24, 2.45) is 23.7 Å². The van der Waals surface area contributed by atoms with Gasteiger partial charge in [-0.2, -0.15) is 8.42 Å².